The Morgan fingerprint density at radius 1 is 0.943 bits per heavy atom. The minimum absolute atomic E-state index is 0.0419. The number of nitrogens with zero attached hydrogens (tertiary/aromatic N) is 1. The molecule has 184 valence electrons. The molecule has 0 saturated carbocycles. The molecule has 3 rings (SSSR count). The van der Waals surface area contributed by atoms with E-state index < -0.39 is 6.04 Å². The van der Waals surface area contributed by atoms with Gasteiger partial charge in [-0.3, -0.25) is 9.59 Å². The predicted octanol–water partition coefficient (Wildman–Crippen LogP) is 6.05. The van der Waals surface area contributed by atoms with Crippen LogP contribution in [0, 0.1) is 6.92 Å². The molecule has 0 aliphatic heterocycles. The van der Waals surface area contributed by atoms with Crippen LogP contribution in [-0.2, 0) is 28.3 Å². The summed E-state index contributed by atoms with van der Waals surface area (Å²) >= 11 is 7.54. The van der Waals surface area contributed by atoms with Crippen molar-refractivity contribution >= 4 is 35.2 Å². The molecule has 1 atom stereocenters. The number of rotatable bonds is 12. The van der Waals surface area contributed by atoms with E-state index in [1.807, 2.05) is 92.7 Å². The molecule has 0 fully saturated rings. The van der Waals surface area contributed by atoms with E-state index >= 15 is 0 Å². The van der Waals surface area contributed by atoms with Crippen molar-refractivity contribution in [2.24, 2.45) is 0 Å². The summed E-state index contributed by atoms with van der Waals surface area (Å²) in [6, 6.07) is 25.0. The summed E-state index contributed by atoms with van der Waals surface area (Å²) in [6.45, 7) is 5.04. The molecule has 0 aromatic heterocycles. The van der Waals surface area contributed by atoms with Gasteiger partial charge in [0.1, 0.15) is 6.04 Å². The van der Waals surface area contributed by atoms with Gasteiger partial charge in [-0.25, -0.2) is 0 Å². The maximum Gasteiger partial charge on any atom is 0.243 e. The van der Waals surface area contributed by atoms with Crippen LogP contribution < -0.4 is 5.32 Å². The first-order chi connectivity index (χ1) is 17.0. The van der Waals surface area contributed by atoms with Gasteiger partial charge in [0.15, 0.2) is 0 Å². The van der Waals surface area contributed by atoms with E-state index in [1.54, 1.807) is 16.7 Å². The molecule has 2 amide bonds. The van der Waals surface area contributed by atoms with Gasteiger partial charge in [0.05, 0.1) is 5.75 Å². The summed E-state index contributed by atoms with van der Waals surface area (Å²) in [5, 5.41) is 3.72. The quantitative estimate of drug-likeness (QED) is 0.324. The zero-order valence-electron chi connectivity index (χ0n) is 20.4. The lowest BCUT2D eigenvalue weighted by Gasteiger charge is -2.32. The Kier molecular flexibility index (Phi) is 10.7. The average Bonchev–Trinajstić information content (AvgIpc) is 2.87. The van der Waals surface area contributed by atoms with Crippen molar-refractivity contribution in [1.29, 1.82) is 0 Å². The topological polar surface area (TPSA) is 49.4 Å². The van der Waals surface area contributed by atoms with Gasteiger partial charge in [-0.2, -0.15) is 0 Å². The number of nitrogens with one attached hydrogen (secondary N) is 1. The molecule has 3 aromatic carbocycles. The molecular weight excluding hydrogens is 476 g/mol. The van der Waals surface area contributed by atoms with E-state index in [4.69, 9.17) is 11.6 Å². The van der Waals surface area contributed by atoms with Crippen LogP contribution in [0.5, 0.6) is 0 Å². The highest BCUT2D eigenvalue weighted by atomic mass is 35.5. The first-order valence-corrected chi connectivity index (χ1v) is 13.5. The van der Waals surface area contributed by atoms with E-state index in [9.17, 15) is 9.59 Å². The number of hydrogen-bond acceptors (Lipinski definition) is 3. The molecule has 35 heavy (non-hydrogen) atoms. The zero-order valence-corrected chi connectivity index (χ0v) is 21.9. The number of thioether (sulfide) groups is 1. The van der Waals surface area contributed by atoms with Crippen LogP contribution in [-0.4, -0.2) is 35.1 Å². The smallest absolute Gasteiger partial charge is 0.243 e. The minimum atomic E-state index is -0.591. The summed E-state index contributed by atoms with van der Waals surface area (Å²) < 4.78 is 0. The van der Waals surface area contributed by atoms with Crippen molar-refractivity contribution in [1.82, 2.24) is 10.2 Å². The molecule has 0 spiro atoms. The van der Waals surface area contributed by atoms with Gasteiger partial charge < -0.3 is 10.2 Å². The highest BCUT2D eigenvalue weighted by Crippen LogP contribution is 2.20. The van der Waals surface area contributed by atoms with Gasteiger partial charge in [-0.15, -0.1) is 11.8 Å². The molecule has 0 heterocycles. The van der Waals surface area contributed by atoms with Crippen molar-refractivity contribution in [2.75, 3.05) is 12.3 Å². The number of benzene rings is 3. The maximum atomic E-state index is 13.6. The summed E-state index contributed by atoms with van der Waals surface area (Å²) in [6.07, 6.45) is 1.31. The Morgan fingerprint density at radius 2 is 1.63 bits per heavy atom. The minimum Gasteiger partial charge on any atom is -0.354 e. The Balaban J connectivity index is 1.83. The van der Waals surface area contributed by atoms with Gasteiger partial charge in [0.2, 0.25) is 11.8 Å². The molecule has 0 saturated heterocycles. The van der Waals surface area contributed by atoms with Crippen molar-refractivity contribution in [2.45, 2.75) is 45.0 Å². The van der Waals surface area contributed by atoms with Crippen molar-refractivity contribution in [3.8, 4) is 0 Å². The van der Waals surface area contributed by atoms with Crippen molar-refractivity contribution < 1.29 is 9.59 Å². The largest absolute Gasteiger partial charge is 0.354 e. The highest BCUT2D eigenvalue weighted by Gasteiger charge is 2.30. The molecule has 4 nitrogen and oxygen atoms in total. The number of carbonyl (C=O) groups excluding carboxylic acids is 2. The number of aryl methyl sites for hydroxylation is 1. The normalized spacial score (nSPS) is 11.6. The van der Waals surface area contributed by atoms with Gasteiger partial charge >= 0.3 is 0 Å². The van der Waals surface area contributed by atoms with E-state index in [0.717, 1.165) is 28.7 Å². The first kappa shape index (κ1) is 26.8. The third-order valence-electron chi connectivity index (χ3n) is 5.83. The number of hydrogen-bond donors (Lipinski definition) is 1. The van der Waals surface area contributed by atoms with Gasteiger partial charge in [-0.1, -0.05) is 85.3 Å². The number of halogens is 1. The summed E-state index contributed by atoms with van der Waals surface area (Å²) in [7, 11) is 0. The zero-order chi connectivity index (χ0) is 25.0. The Morgan fingerprint density at radius 3 is 2.31 bits per heavy atom. The fourth-order valence-corrected chi connectivity index (χ4v) is 4.81. The highest BCUT2D eigenvalue weighted by molar-refractivity contribution is 7.99. The second-order valence-corrected chi connectivity index (χ2v) is 9.99. The van der Waals surface area contributed by atoms with Crippen molar-refractivity contribution in [3.63, 3.8) is 0 Å². The first-order valence-electron chi connectivity index (χ1n) is 12.0. The second kappa shape index (κ2) is 14.0. The van der Waals surface area contributed by atoms with Gasteiger partial charge in [0, 0.05) is 30.3 Å². The van der Waals surface area contributed by atoms with Gasteiger partial charge in [-0.05, 0) is 47.7 Å². The third kappa shape index (κ3) is 8.44. The molecular formula is C29H33ClN2O2S. The lowest BCUT2D eigenvalue weighted by atomic mass is 10.0. The van der Waals surface area contributed by atoms with E-state index in [-0.39, 0.29) is 11.8 Å². The predicted molar refractivity (Wildman–Crippen MR) is 147 cm³/mol. The fourth-order valence-electron chi connectivity index (χ4n) is 3.81. The van der Waals surface area contributed by atoms with E-state index in [1.165, 1.54) is 0 Å². The number of carbonyl (C=O) groups is 2. The Bertz CT molecular complexity index is 1090. The van der Waals surface area contributed by atoms with E-state index in [0.29, 0.717) is 36.0 Å². The molecule has 1 N–H and O–H groups in total. The maximum absolute atomic E-state index is 13.6. The van der Waals surface area contributed by atoms with Crippen molar-refractivity contribution in [3.05, 3.63) is 106 Å². The molecule has 6 heteroatoms. The van der Waals surface area contributed by atoms with E-state index in [2.05, 4.69) is 5.32 Å². The summed E-state index contributed by atoms with van der Waals surface area (Å²) in [4.78, 5) is 28.7. The third-order valence-corrected chi connectivity index (χ3v) is 7.07. The molecule has 0 radical (unpaired) electrons. The van der Waals surface area contributed by atoms with Crippen LogP contribution in [0.1, 0.15) is 35.6 Å². The van der Waals surface area contributed by atoms with Gasteiger partial charge in [0.25, 0.3) is 0 Å². The number of amides is 2. The molecule has 0 aliphatic carbocycles. The SMILES string of the molecule is CCCNC(=O)C(Cc1ccccc1)N(Cc1ccccc1C)C(=O)CSCc1ccc(Cl)cc1. The van der Waals surface area contributed by atoms with Crippen LogP contribution in [0.4, 0.5) is 0 Å². The lowest BCUT2D eigenvalue weighted by molar-refractivity contribution is -0.139. The van der Waals surface area contributed by atoms with Crippen LogP contribution >= 0.6 is 23.4 Å². The Hall–Kier alpha value is -2.76. The van der Waals surface area contributed by atoms with Crippen LogP contribution in [0.15, 0.2) is 78.9 Å². The summed E-state index contributed by atoms with van der Waals surface area (Å²) in [5.74, 6) is 0.841. The monoisotopic (exact) mass is 508 g/mol. The summed E-state index contributed by atoms with van der Waals surface area (Å²) in [5.41, 5.74) is 4.29. The lowest BCUT2D eigenvalue weighted by Crippen LogP contribution is -2.51. The van der Waals surface area contributed by atoms with Crippen LogP contribution in [0.2, 0.25) is 5.02 Å². The molecule has 0 aliphatic rings. The fraction of sp³-hybridized carbons (Fsp3) is 0.310. The molecule has 0 bridgehead atoms. The Labute approximate surface area is 218 Å². The molecule has 3 aromatic rings. The average molecular weight is 509 g/mol. The van der Waals surface area contributed by atoms with Crippen LogP contribution in [0.25, 0.3) is 0 Å². The second-order valence-electron chi connectivity index (χ2n) is 8.56. The van der Waals surface area contributed by atoms with Crippen LogP contribution in [0.3, 0.4) is 0 Å². The molecule has 1 unspecified atom stereocenters. The standard InChI is InChI=1S/C29H33ClN2O2S/c1-3-17-31-29(34)27(18-23-10-5-4-6-11-23)32(19-25-12-8-7-9-22(25)2)28(33)21-35-20-24-13-15-26(30)16-14-24/h4-16,27H,3,17-21H2,1-2H3,(H,31,34).